The van der Waals surface area contributed by atoms with Crippen LogP contribution in [0.1, 0.15) is 6.42 Å². The van der Waals surface area contributed by atoms with Crippen molar-refractivity contribution in [1.82, 2.24) is 9.88 Å². The lowest BCUT2D eigenvalue weighted by atomic mass is 10.2. The Bertz CT molecular complexity index is 480. The highest BCUT2D eigenvalue weighted by Gasteiger charge is 2.16. The third-order valence-electron chi connectivity index (χ3n) is 2.80. The number of aryl methyl sites for hydroxylation is 1. The van der Waals surface area contributed by atoms with Crippen LogP contribution in [0.5, 0.6) is 0 Å². The summed E-state index contributed by atoms with van der Waals surface area (Å²) < 4.78 is 1.45. The Balaban J connectivity index is 1.90. The molecule has 1 amide bonds. The fraction of sp³-hybridized carbons (Fsp3) is 0.500. The van der Waals surface area contributed by atoms with Crippen molar-refractivity contribution in [1.29, 1.82) is 0 Å². The lowest BCUT2D eigenvalue weighted by molar-refractivity contribution is -0.116. The average Bonchev–Trinajstić information content (AvgIpc) is 2.35. The highest BCUT2D eigenvalue weighted by Crippen LogP contribution is 2.11. The van der Waals surface area contributed by atoms with E-state index in [1.807, 2.05) is 11.8 Å². The van der Waals surface area contributed by atoms with Gasteiger partial charge in [0.25, 0.3) is 0 Å². The summed E-state index contributed by atoms with van der Waals surface area (Å²) in [6.07, 6.45) is 2.10. The summed E-state index contributed by atoms with van der Waals surface area (Å²) in [5.74, 6) is 2.06. The monoisotopic (exact) mass is 267 g/mol. The van der Waals surface area contributed by atoms with Gasteiger partial charge in [-0.15, -0.1) is 0 Å². The molecular formula is C12H17N3O2S. The van der Waals surface area contributed by atoms with E-state index in [1.165, 1.54) is 10.6 Å². The van der Waals surface area contributed by atoms with Crippen molar-refractivity contribution in [2.75, 3.05) is 23.4 Å². The van der Waals surface area contributed by atoms with E-state index >= 15 is 0 Å². The van der Waals surface area contributed by atoms with Gasteiger partial charge < -0.3 is 15.2 Å². The van der Waals surface area contributed by atoms with Gasteiger partial charge in [0.1, 0.15) is 0 Å². The van der Waals surface area contributed by atoms with E-state index < -0.39 is 0 Å². The minimum Gasteiger partial charge on any atom is -0.325 e. The third-order valence-corrected chi connectivity index (χ3v) is 3.93. The third kappa shape index (κ3) is 3.61. The molecule has 0 radical (unpaired) electrons. The number of hydrogen-bond acceptors (Lipinski definition) is 4. The fourth-order valence-corrected chi connectivity index (χ4v) is 2.80. The second kappa shape index (κ2) is 6.06. The Morgan fingerprint density at radius 1 is 1.61 bits per heavy atom. The minimum absolute atomic E-state index is 0.0198. The van der Waals surface area contributed by atoms with Gasteiger partial charge >= 0.3 is 0 Å². The molecule has 1 aliphatic heterocycles. The van der Waals surface area contributed by atoms with Crippen molar-refractivity contribution < 1.29 is 4.79 Å². The molecule has 1 aromatic rings. The molecule has 1 aliphatic rings. The molecule has 6 heteroatoms. The minimum atomic E-state index is -0.0849. The van der Waals surface area contributed by atoms with E-state index in [2.05, 4.69) is 10.6 Å². The second-order valence-corrected chi connectivity index (χ2v) is 5.50. The molecule has 2 heterocycles. The summed E-state index contributed by atoms with van der Waals surface area (Å²) >= 11 is 1.87. The molecular weight excluding hydrogens is 250 g/mol. The molecule has 0 aliphatic carbocycles. The molecule has 18 heavy (non-hydrogen) atoms. The molecule has 0 aromatic carbocycles. The van der Waals surface area contributed by atoms with Gasteiger partial charge in [0.05, 0.1) is 5.69 Å². The maximum atomic E-state index is 11.8. The largest absolute Gasteiger partial charge is 0.325 e. The highest BCUT2D eigenvalue weighted by atomic mass is 32.2. The number of thioether (sulfide) groups is 1. The zero-order valence-corrected chi connectivity index (χ0v) is 11.1. The van der Waals surface area contributed by atoms with Gasteiger partial charge in [0.2, 0.25) is 11.5 Å². The van der Waals surface area contributed by atoms with Crippen LogP contribution in [0.2, 0.25) is 0 Å². The first kappa shape index (κ1) is 13.2. The summed E-state index contributed by atoms with van der Waals surface area (Å²) in [4.78, 5) is 23.0. The predicted octanol–water partition coefficient (Wildman–Crippen LogP) is 0.419. The molecule has 1 aromatic heterocycles. The molecule has 1 saturated heterocycles. The van der Waals surface area contributed by atoms with Gasteiger partial charge in [-0.05, 0) is 6.07 Å². The average molecular weight is 267 g/mol. The molecule has 0 saturated carbocycles. The number of rotatable bonds is 3. The van der Waals surface area contributed by atoms with E-state index in [9.17, 15) is 9.59 Å². The van der Waals surface area contributed by atoms with Crippen molar-refractivity contribution in [3.63, 3.8) is 0 Å². The van der Waals surface area contributed by atoms with E-state index in [0.29, 0.717) is 12.1 Å². The lowest BCUT2D eigenvalue weighted by Gasteiger charge is -2.22. The number of anilines is 1. The van der Waals surface area contributed by atoms with E-state index in [-0.39, 0.29) is 17.5 Å². The number of pyridine rings is 1. The van der Waals surface area contributed by atoms with Gasteiger partial charge in [-0.2, -0.15) is 11.8 Å². The van der Waals surface area contributed by atoms with Crippen molar-refractivity contribution in [2.45, 2.75) is 12.5 Å². The van der Waals surface area contributed by atoms with Crippen LogP contribution in [-0.2, 0) is 11.8 Å². The van der Waals surface area contributed by atoms with E-state index in [0.717, 1.165) is 18.1 Å². The molecule has 2 rings (SSSR count). The first-order valence-corrected chi connectivity index (χ1v) is 7.08. The Hall–Kier alpha value is -1.27. The quantitative estimate of drug-likeness (QED) is 0.833. The number of nitrogens with zero attached hydrogens (tertiary/aromatic N) is 1. The maximum Gasteiger partial charge on any atom is 0.250 e. The summed E-state index contributed by atoms with van der Waals surface area (Å²) in [5.41, 5.74) is 0.573. The summed E-state index contributed by atoms with van der Waals surface area (Å²) in [6, 6.07) is 3.32. The summed E-state index contributed by atoms with van der Waals surface area (Å²) in [7, 11) is 1.66. The molecule has 2 N–H and O–H groups in total. The van der Waals surface area contributed by atoms with Crippen LogP contribution in [0.25, 0.3) is 0 Å². The van der Waals surface area contributed by atoms with Gasteiger partial charge in [-0.3, -0.25) is 9.59 Å². The molecule has 0 bridgehead atoms. The predicted molar refractivity (Wildman–Crippen MR) is 74.0 cm³/mol. The van der Waals surface area contributed by atoms with Crippen molar-refractivity contribution >= 4 is 23.4 Å². The number of aromatic nitrogens is 1. The zero-order chi connectivity index (χ0) is 13.0. The summed E-state index contributed by atoms with van der Waals surface area (Å²) in [6.45, 7) is 0.961. The molecule has 1 fully saturated rings. The maximum absolute atomic E-state index is 11.8. The zero-order valence-electron chi connectivity index (χ0n) is 10.3. The number of hydrogen-bond donors (Lipinski definition) is 2. The highest BCUT2D eigenvalue weighted by molar-refractivity contribution is 7.99. The van der Waals surface area contributed by atoms with Crippen LogP contribution >= 0.6 is 11.8 Å². The van der Waals surface area contributed by atoms with Crippen LogP contribution in [-0.4, -0.2) is 34.6 Å². The second-order valence-electron chi connectivity index (χ2n) is 4.35. The smallest absolute Gasteiger partial charge is 0.250 e. The Morgan fingerprint density at radius 2 is 2.44 bits per heavy atom. The summed E-state index contributed by atoms with van der Waals surface area (Å²) in [5, 5.41) is 6.13. The van der Waals surface area contributed by atoms with E-state index in [1.54, 1.807) is 19.3 Å². The van der Waals surface area contributed by atoms with Gasteiger partial charge in [0, 0.05) is 49.8 Å². The van der Waals surface area contributed by atoms with Crippen LogP contribution in [0.15, 0.2) is 23.1 Å². The molecule has 0 spiro atoms. The van der Waals surface area contributed by atoms with Gasteiger partial charge in [-0.1, -0.05) is 0 Å². The first-order chi connectivity index (χ1) is 8.65. The molecule has 5 nitrogen and oxygen atoms in total. The molecule has 1 unspecified atom stereocenters. The number of amides is 1. The van der Waals surface area contributed by atoms with Crippen molar-refractivity contribution in [3.8, 4) is 0 Å². The van der Waals surface area contributed by atoms with Crippen LogP contribution in [0.3, 0.4) is 0 Å². The van der Waals surface area contributed by atoms with Gasteiger partial charge in [0.15, 0.2) is 0 Å². The SMILES string of the molecule is Cn1cc(NC(=O)CC2CSCCN2)ccc1=O. The molecule has 98 valence electrons. The number of carbonyl (C=O) groups excluding carboxylic acids is 1. The van der Waals surface area contributed by atoms with Crippen molar-refractivity contribution in [3.05, 3.63) is 28.7 Å². The van der Waals surface area contributed by atoms with Crippen LogP contribution in [0.4, 0.5) is 5.69 Å². The van der Waals surface area contributed by atoms with Gasteiger partial charge in [-0.25, -0.2) is 0 Å². The Morgan fingerprint density at radius 3 is 3.11 bits per heavy atom. The Labute approximate surface area is 110 Å². The van der Waals surface area contributed by atoms with Crippen LogP contribution < -0.4 is 16.2 Å². The van der Waals surface area contributed by atoms with E-state index in [4.69, 9.17) is 0 Å². The number of nitrogens with one attached hydrogen (secondary N) is 2. The van der Waals surface area contributed by atoms with Crippen LogP contribution in [0, 0.1) is 0 Å². The molecule has 1 atom stereocenters. The number of carbonyl (C=O) groups is 1. The lowest BCUT2D eigenvalue weighted by Crippen LogP contribution is -2.39. The van der Waals surface area contributed by atoms with Crippen molar-refractivity contribution in [2.24, 2.45) is 7.05 Å². The fourth-order valence-electron chi connectivity index (χ4n) is 1.85. The standard InChI is InChI=1S/C12H17N3O2S/c1-15-7-9(2-3-12(15)17)14-11(16)6-10-8-18-5-4-13-10/h2-3,7,10,13H,4-6,8H2,1H3,(H,14,16). The normalized spacial score (nSPS) is 19.5. The topological polar surface area (TPSA) is 63.1 Å². The Kier molecular flexibility index (Phi) is 4.43. The first-order valence-electron chi connectivity index (χ1n) is 5.93.